The molecular formula is C14H14BrN3O3. The second-order valence-corrected chi connectivity index (χ2v) is 5.35. The Morgan fingerprint density at radius 2 is 2.14 bits per heavy atom. The number of nitro benzene ring substituents is 1. The number of pyridine rings is 1. The zero-order valence-corrected chi connectivity index (χ0v) is 12.9. The first-order chi connectivity index (χ1) is 9.99. The minimum absolute atomic E-state index is 0.0445. The molecule has 110 valence electrons. The fourth-order valence-corrected chi connectivity index (χ4v) is 2.19. The first-order valence-electron chi connectivity index (χ1n) is 6.34. The Kier molecular flexibility index (Phi) is 4.87. The van der Waals surface area contributed by atoms with Gasteiger partial charge in [0.1, 0.15) is 11.5 Å². The lowest BCUT2D eigenvalue weighted by molar-refractivity contribution is -0.385. The highest BCUT2D eigenvalue weighted by Crippen LogP contribution is 2.29. The number of hydrogen-bond donors (Lipinski definition) is 1. The molecule has 0 aliphatic carbocycles. The molecule has 0 amide bonds. The van der Waals surface area contributed by atoms with Gasteiger partial charge in [-0.05, 0) is 24.6 Å². The minimum atomic E-state index is -0.473. The molecule has 2 rings (SSSR count). The third-order valence-electron chi connectivity index (χ3n) is 2.88. The van der Waals surface area contributed by atoms with Gasteiger partial charge in [0.15, 0.2) is 0 Å². The molecule has 7 heteroatoms. The predicted molar refractivity (Wildman–Crippen MR) is 82.3 cm³/mol. The molecule has 6 nitrogen and oxygen atoms in total. The van der Waals surface area contributed by atoms with Gasteiger partial charge in [-0.2, -0.15) is 0 Å². The van der Waals surface area contributed by atoms with Gasteiger partial charge in [0.05, 0.1) is 22.9 Å². The number of nitrogens with two attached hydrogens (primary N) is 1. The van der Waals surface area contributed by atoms with Crippen molar-refractivity contribution < 1.29 is 9.66 Å². The van der Waals surface area contributed by atoms with E-state index in [9.17, 15) is 10.1 Å². The largest absolute Gasteiger partial charge is 0.455 e. The van der Waals surface area contributed by atoms with Crippen LogP contribution in [0.2, 0.25) is 0 Å². The molecule has 0 radical (unpaired) electrons. The van der Waals surface area contributed by atoms with E-state index in [1.54, 1.807) is 24.4 Å². The van der Waals surface area contributed by atoms with E-state index < -0.39 is 4.92 Å². The monoisotopic (exact) mass is 351 g/mol. The molecule has 2 aromatic rings. The van der Waals surface area contributed by atoms with Crippen molar-refractivity contribution in [1.82, 2.24) is 4.98 Å². The molecule has 0 aliphatic heterocycles. The van der Waals surface area contributed by atoms with Gasteiger partial charge in [-0.25, -0.2) is 0 Å². The molecular weight excluding hydrogens is 338 g/mol. The van der Waals surface area contributed by atoms with Crippen molar-refractivity contribution in [2.45, 2.75) is 19.4 Å². The van der Waals surface area contributed by atoms with E-state index in [4.69, 9.17) is 10.5 Å². The van der Waals surface area contributed by atoms with Crippen molar-refractivity contribution in [2.75, 3.05) is 0 Å². The van der Waals surface area contributed by atoms with Crippen molar-refractivity contribution in [2.24, 2.45) is 5.73 Å². The zero-order chi connectivity index (χ0) is 15.4. The number of aromatic nitrogens is 1. The summed E-state index contributed by atoms with van der Waals surface area (Å²) in [4.78, 5) is 14.6. The van der Waals surface area contributed by atoms with Gasteiger partial charge in [-0.15, -0.1) is 0 Å². The van der Waals surface area contributed by atoms with Crippen molar-refractivity contribution in [3.8, 4) is 11.5 Å². The summed E-state index contributed by atoms with van der Waals surface area (Å²) in [6.45, 7) is 1.98. The van der Waals surface area contributed by atoms with Crippen molar-refractivity contribution in [3.63, 3.8) is 0 Å². The van der Waals surface area contributed by atoms with Crippen LogP contribution in [-0.4, -0.2) is 9.91 Å². The molecule has 1 heterocycles. The quantitative estimate of drug-likeness (QED) is 0.650. The Morgan fingerprint density at radius 1 is 1.38 bits per heavy atom. The van der Waals surface area contributed by atoms with Gasteiger partial charge < -0.3 is 10.5 Å². The predicted octanol–water partition coefficient (Wildman–Crippen LogP) is 3.95. The molecule has 1 aromatic heterocycles. The van der Waals surface area contributed by atoms with E-state index in [0.29, 0.717) is 16.0 Å². The molecule has 0 fully saturated rings. The number of hydrogen-bond acceptors (Lipinski definition) is 5. The van der Waals surface area contributed by atoms with E-state index in [2.05, 4.69) is 20.9 Å². The Balaban J connectivity index is 2.20. The van der Waals surface area contributed by atoms with E-state index in [-0.39, 0.29) is 11.7 Å². The fraction of sp³-hybridized carbons (Fsp3) is 0.214. The molecule has 1 atom stereocenters. The number of non-ortho nitro benzene ring substituents is 1. The highest BCUT2D eigenvalue weighted by Gasteiger charge is 2.11. The van der Waals surface area contributed by atoms with Crippen LogP contribution in [0.4, 0.5) is 5.69 Å². The Labute approximate surface area is 130 Å². The van der Waals surface area contributed by atoms with Crippen LogP contribution in [0, 0.1) is 10.1 Å². The lowest BCUT2D eigenvalue weighted by atomic mass is 10.1. The normalized spacial score (nSPS) is 12.0. The summed E-state index contributed by atoms with van der Waals surface area (Å²) in [5, 5.41) is 10.8. The lowest BCUT2D eigenvalue weighted by Crippen LogP contribution is -2.10. The SMILES string of the molecule is CC[C@H](N)c1ccc(Oc2cc(Br)cc([N+](=O)[O-])c2)cn1. The summed E-state index contributed by atoms with van der Waals surface area (Å²) >= 11 is 3.22. The smallest absolute Gasteiger partial charge is 0.274 e. The number of nitrogens with zero attached hydrogens (tertiary/aromatic N) is 2. The molecule has 0 saturated carbocycles. The van der Waals surface area contributed by atoms with Crippen molar-refractivity contribution >= 4 is 21.6 Å². The van der Waals surface area contributed by atoms with Gasteiger partial charge in [-0.3, -0.25) is 15.1 Å². The van der Waals surface area contributed by atoms with E-state index in [1.807, 2.05) is 6.92 Å². The molecule has 0 unspecified atom stereocenters. The third-order valence-corrected chi connectivity index (χ3v) is 3.34. The summed E-state index contributed by atoms with van der Waals surface area (Å²) in [6, 6.07) is 7.84. The Bertz CT molecular complexity index is 646. The molecule has 2 N–H and O–H groups in total. The minimum Gasteiger partial charge on any atom is -0.455 e. The summed E-state index contributed by atoms with van der Waals surface area (Å²) in [7, 11) is 0. The summed E-state index contributed by atoms with van der Waals surface area (Å²) in [5.74, 6) is 0.861. The van der Waals surface area contributed by atoms with Crippen LogP contribution in [-0.2, 0) is 0 Å². The number of rotatable bonds is 5. The maximum Gasteiger partial charge on any atom is 0.274 e. The lowest BCUT2D eigenvalue weighted by Gasteiger charge is -2.10. The highest BCUT2D eigenvalue weighted by molar-refractivity contribution is 9.10. The van der Waals surface area contributed by atoms with Crippen LogP contribution in [0.1, 0.15) is 25.1 Å². The van der Waals surface area contributed by atoms with E-state index >= 15 is 0 Å². The van der Waals surface area contributed by atoms with Crippen LogP contribution < -0.4 is 10.5 Å². The number of nitro groups is 1. The van der Waals surface area contributed by atoms with Crippen LogP contribution >= 0.6 is 15.9 Å². The second-order valence-electron chi connectivity index (χ2n) is 4.44. The maximum absolute atomic E-state index is 10.8. The Morgan fingerprint density at radius 3 is 2.71 bits per heavy atom. The zero-order valence-electron chi connectivity index (χ0n) is 11.3. The summed E-state index contributed by atoms with van der Waals surface area (Å²) in [5.41, 5.74) is 6.62. The molecule has 0 bridgehead atoms. The Hall–Kier alpha value is -1.99. The first kappa shape index (κ1) is 15.4. The molecule has 0 saturated heterocycles. The fourth-order valence-electron chi connectivity index (χ4n) is 1.73. The maximum atomic E-state index is 10.8. The molecule has 1 aromatic carbocycles. The second kappa shape index (κ2) is 6.64. The molecule has 0 spiro atoms. The highest BCUT2D eigenvalue weighted by atomic mass is 79.9. The summed E-state index contributed by atoms with van der Waals surface area (Å²) in [6.07, 6.45) is 2.35. The van der Waals surface area contributed by atoms with Crippen LogP contribution in [0.25, 0.3) is 0 Å². The van der Waals surface area contributed by atoms with E-state index in [0.717, 1.165) is 12.1 Å². The average Bonchev–Trinajstić information content (AvgIpc) is 2.46. The van der Waals surface area contributed by atoms with Gasteiger partial charge in [0.25, 0.3) is 5.69 Å². The van der Waals surface area contributed by atoms with Crippen molar-refractivity contribution in [1.29, 1.82) is 0 Å². The van der Waals surface area contributed by atoms with Gasteiger partial charge in [0.2, 0.25) is 0 Å². The van der Waals surface area contributed by atoms with Gasteiger partial charge in [-0.1, -0.05) is 22.9 Å². The van der Waals surface area contributed by atoms with Crippen molar-refractivity contribution in [3.05, 3.63) is 56.8 Å². The average molecular weight is 352 g/mol. The number of benzene rings is 1. The molecule has 21 heavy (non-hydrogen) atoms. The topological polar surface area (TPSA) is 91.3 Å². The van der Waals surface area contributed by atoms with Crippen LogP contribution in [0.5, 0.6) is 11.5 Å². The number of halogens is 1. The van der Waals surface area contributed by atoms with Gasteiger partial charge in [0, 0.05) is 16.6 Å². The van der Waals surface area contributed by atoms with Gasteiger partial charge >= 0.3 is 0 Å². The van der Waals surface area contributed by atoms with Crippen LogP contribution in [0.3, 0.4) is 0 Å². The number of ether oxygens (including phenoxy) is 1. The molecule has 0 aliphatic rings. The van der Waals surface area contributed by atoms with E-state index in [1.165, 1.54) is 12.1 Å². The third kappa shape index (κ3) is 3.99. The van der Waals surface area contributed by atoms with Crippen LogP contribution in [0.15, 0.2) is 41.0 Å². The summed E-state index contributed by atoms with van der Waals surface area (Å²) < 4.78 is 6.15. The first-order valence-corrected chi connectivity index (χ1v) is 7.13. The standard InChI is InChI=1S/C14H14BrN3O3/c1-2-13(16)14-4-3-11(8-17-14)21-12-6-9(15)5-10(7-12)18(19)20/h3-8,13H,2,16H2,1H3/t13-/m0/s1.